The number of methoxy groups -OCH3 is 2. The molecule has 9 rings (SSSR count). The Morgan fingerprint density at radius 2 is 1.05 bits per heavy atom. The van der Waals surface area contributed by atoms with Gasteiger partial charge < -0.3 is 39.9 Å². The van der Waals surface area contributed by atoms with Gasteiger partial charge in [0.05, 0.1) is 38.0 Å². The van der Waals surface area contributed by atoms with Gasteiger partial charge in [-0.05, 0) is 91.0 Å². The molecule has 4 aromatic rings. The molecule has 0 unspecified atom stereocenters. The predicted molar refractivity (Wildman–Crippen MR) is 236 cm³/mol. The van der Waals surface area contributed by atoms with Crippen LogP contribution in [0.2, 0.25) is 0 Å². The molecule has 4 heterocycles. The monoisotopic (exact) mass is 842 g/mol. The Balaban J connectivity index is 1.05. The van der Waals surface area contributed by atoms with Gasteiger partial charge in [0.25, 0.3) is 0 Å². The molecule has 2 aromatic carbocycles. The quantitative estimate of drug-likeness (QED) is 0.109. The molecule has 4 amide bonds. The van der Waals surface area contributed by atoms with Crippen LogP contribution < -0.4 is 10.6 Å². The van der Waals surface area contributed by atoms with Crippen molar-refractivity contribution in [3.63, 3.8) is 0 Å². The van der Waals surface area contributed by atoms with Crippen LogP contribution >= 0.6 is 0 Å². The van der Waals surface area contributed by atoms with Crippen molar-refractivity contribution in [1.82, 2.24) is 40.4 Å². The Hall–Kier alpha value is -6.18. The first kappa shape index (κ1) is 42.5. The van der Waals surface area contributed by atoms with Gasteiger partial charge in [-0.2, -0.15) is 0 Å². The second kappa shape index (κ2) is 17.3. The lowest BCUT2D eigenvalue weighted by Crippen LogP contribution is -2.51. The molecular weight excluding hydrogens is 785 g/mol. The largest absolute Gasteiger partial charge is 0.453 e. The molecule has 5 aliphatic rings. The van der Waals surface area contributed by atoms with Crippen molar-refractivity contribution in [3.8, 4) is 33.6 Å². The Bertz CT molecular complexity index is 2420. The van der Waals surface area contributed by atoms with Crippen molar-refractivity contribution in [2.45, 2.75) is 103 Å². The van der Waals surface area contributed by atoms with E-state index in [1.54, 1.807) is 9.80 Å². The number of nitrogens with zero attached hydrogens (tertiary/aromatic N) is 4. The Kier molecular flexibility index (Phi) is 11.9. The number of carbonyl (C=O) groups is 4. The molecule has 14 nitrogen and oxygen atoms in total. The summed E-state index contributed by atoms with van der Waals surface area (Å²) in [5.41, 5.74) is 11.3. The topological polar surface area (TPSA) is 175 Å². The second-order valence-electron chi connectivity index (χ2n) is 18.0. The summed E-state index contributed by atoms with van der Waals surface area (Å²) in [5.74, 6) is 1.63. The number of imidazole rings is 2. The highest BCUT2D eigenvalue weighted by molar-refractivity contribution is 5.88. The maximum atomic E-state index is 13.9. The third-order valence-corrected chi connectivity index (χ3v) is 13.1. The van der Waals surface area contributed by atoms with Crippen molar-refractivity contribution < 1.29 is 28.7 Å². The van der Waals surface area contributed by atoms with Crippen LogP contribution in [0.1, 0.15) is 114 Å². The first-order valence-electron chi connectivity index (χ1n) is 21.8. The zero-order valence-electron chi connectivity index (χ0n) is 36.9. The number of rotatable bonds is 11. The van der Waals surface area contributed by atoms with Gasteiger partial charge in [-0.3, -0.25) is 9.59 Å². The summed E-state index contributed by atoms with van der Waals surface area (Å²) in [6.07, 6.45) is 11.2. The summed E-state index contributed by atoms with van der Waals surface area (Å²) >= 11 is 0. The Morgan fingerprint density at radius 1 is 0.629 bits per heavy atom. The Morgan fingerprint density at radius 3 is 1.52 bits per heavy atom. The van der Waals surface area contributed by atoms with Gasteiger partial charge in [0.1, 0.15) is 35.8 Å². The number of amides is 4. The minimum Gasteiger partial charge on any atom is -0.453 e. The van der Waals surface area contributed by atoms with Crippen LogP contribution in [0.15, 0.2) is 72.1 Å². The van der Waals surface area contributed by atoms with E-state index in [4.69, 9.17) is 19.4 Å². The van der Waals surface area contributed by atoms with E-state index in [0.29, 0.717) is 36.6 Å². The molecule has 0 spiro atoms. The number of hydrogen-bond acceptors (Lipinski definition) is 8. The molecule has 62 heavy (non-hydrogen) atoms. The number of ether oxygens (including phenoxy) is 2. The molecule has 0 saturated heterocycles. The molecule has 1 saturated carbocycles. The average molecular weight is 843 g/mol. The highest BCUT2D eigenvalue weighted by Gasteiger charge is 2.40. The predicted octanol–water partition coefficient (Wildman–Crippen LogP) is 8.31. The maximum Gasteiger partial charge on any atom is 0.407 e. The summed E-state index contributed by atoms with van der Waals surface area (Å²) < 4.78 is 9.63. The van der Waals surface area contributed by atoms with E-state index in [2.05, 4.69) is 63.1 Å². The lowest BCUT2D eigenvalue weighted by atomic mass is 9.64. The van der Waals surface area contributed by atoms with Crippen LogP contribution in [0, 0.1) is 11.8 Å². The third kappa shape index (κ3) is 8.02. The molecule has 0 radical (unpaired) electrons. The Labute approximate surface area is 362 Å². The van der Waals surface area contributed by atoms with E-state index in [9.17, 15) is 19.2 Å². The summed E-state index contributed by atoms with van der Waals surface area (Å²) in [5, 5.41) is 5.44. The molecular formula is C48H58N8O6. The van der Waals surface area contributed by atoms with Crippen molar-refractivity contribution in [2.24, 2.45) is 11.8 Å². The van der Waals surface area contributed by atoms with Gasteiger partial charge in [0, 0.05) is 18.7 Å². The van der Waals surface area contributed by atoms with Gasteiger partial charge in [-0.1, -0.05) is 87.4 Å². The van der Waals surface area contributed by atoms with E-state index < -0.39 is 30.3 Å². The van der Waals surface area contributed by atoms with E-state index in [1.807, 2.05) is 60.0 Å². The van der Waals surface area contributed by atoms with Crippen LogP contribution in [-0.4, -0.2) is 93.1 Å². The van der Waals surface area contributed by atoms with Gasteiger partial charge in [-0.15, -0.1) is 0 Å². The van der Waals surface area contributed by atoms with Crippen molar-refractivity contribution in [2.75, 3.05) is 27.3 Å². The van der Waals surface area contributed by atoms with E-state index in [1.165, 1.54) is 43.8 Å². The molecule has 4 atom stereocenters. The van der Waals surface area contributed by atoms with Crippen molar-refractivity contribution in [1.29, 1.82) is 0 Å². The van der Waals surface area contributed by atoms with E-state index >= 15 is 0 Å². The summed E-state index contributed by atoms with van der Waals surface area (Å²) in [7, 11) is 2.59. The average Bonchev–Trinajstić information content (AvgIpc) is 4.11. The van der Waals surface area contributed by atoms with Gasteiger partial charge >= 0.3 is 12.2 Å². The minimum absolute atomic E-state index is 0.137. The summed E-state index contributed by atoms with van der Waals surface area (Å²) in [4.78, 5) is 72.2. The maximum absolute atomic E-state index is 13.9. The van der Waals surface area contributed by atoms with Gasteiger partial charge in [0.15, 0.2) is 0 Å². The second-order valence-corrected chi connectivity index (χ2v) is 18.0. The van der Waals surface area contributed by atoms with Crippen LogP contribution in [0.4, 0.5) is 9.59 Å². The SMILES string of the molecule is COC(=O)N[C@H](C(=O)N1CC(C)=C[C@H]1c1ncc(-c2ccc(-c3ccc(-c4cnc([C@@H]5C=C(C)CN5C(=O)[C@@H](NC(=O)OC)C(C)C)[nH]4)c4c3C3CCC4CC3)cc2)[nH]1)C(C)C. The fourth-order valence-electron chi connectivity index (χ4n) is 9.96. The number of aromatic nitrogens is 4. The molecule has 4 N–H and O–H groups in total. The fraction of sp³-hybridized carbons (Fsp3) is 0.458. The smallest absolute Gasteiger partial charge is 0.407 e. The molecule has 2 aliphatic heterocycles. The highest BCUT2D eigenvalue weighted by Crippen LogP contribution is 2.55. The first-order valence-corrected chi connectivity index (χ1v) is 21.8. The van der Waals surface area contributed by atoms with E-state index in [0.717, 1.165) is 52.1 Å². The number of benzene rings is 2. The van der Waals surface area contributed by atoms with Crippen molar-refractivity contribution in [3.05, 3.63) is 94.9 Å². The minimum atomic E-state index is -0.734. The number of fused-ring (bicyclic) bond motifs is 2. The van der Waals surface area contributed by atoms with Crippen molar-refractivity contribution >= 4 is 24.0 Å². The lowest BCUT2D eigenvalue weighted by molar-refractivity contribution is -0.135. The van der Waals surface area contributed by atoms with Crippen LogP contribution in [0.3, 0.4) is 0 Å². The summed E-state index contributed by atoms with van der Waals surface area (Å²) in [6.45, 7) is 12.5. The number of H-pyrrole nitrogens is 2. The number of aromatic amines is 2. The van der Waals surface area contributed by atoms with E-state index in [-0.39, 0.29) is 29.7 Å². The van der Waals surface area contributed by atoms with Crippen LogP contribution in [-0.2, 0) is 19.1 Å². The van der Waals surface area contributed by atoms with Gasteiger partial charge in [0.2, 0.25) is 11.8 Å². The summed E-state index contributed by atoms with van der Waals surface area (Å²) in [6, 6.07) is 10.8. The zero-order valence-corrected chi connectivity index (χ0v) is 36.9. The lowest BCUT2D eigenvalue weighted by Gasteiger charge is -2.41. The standard InChI is InChI=1S/C48H58N8O6/c1-25(2)41(53-47(59)61-7)45(57)55-23-27(5)19-37(55)43-49-21-35(51-43)30-11-9-29(10-12-30)33-17-18-34(40-32-15-13-31(14-16-32)39(33)40)36-22-50-44(52-36)38-20-28(6)24-56(38)46(58)42(26(3)4)54-48(60)62-8/h9-12,17-22,25-26,31-32,37-38,41-42H,13-16,23-24H2,1-8H3,(H,49,51)(H,50,52)(H,53,59)(H,54,60)/t31?,32?,37-,38-,41-,42-/m0/s1. The molecule has 14 heteroatoms. The fourth-order valence-corrected chi connectivity index (χ4v) is 9.96. The van der Waals surface area contributed by atoms with Gasteiger partial charge in [-0.25, -0.2) is 19.6 Å². The van der Waals surface area contributed by atoms with Crippen LogP contribution in [0.25, 0.3) is 33.6 Å². The third-order valence-electron chi connectivity index (χ3n) is 13.1. The normalized spacial score (nSPS) is 21.4. The van der Waals surface area contributed by atoms with Crippen LogP contribution in [0.5, 0.6) is 0 Å². The molecule has 326 valence electrons. The number of alkyl carbamates (subject to hydrolysis) is 2. The first-order chi connectivity index (χ1) is 29.8. The number of carbonyl (C=O) groups excluding carboxylic acids is 4. The zero-order chi connectivity index (χ0) is 44.0. The number of nitrogens with one attached hydrogen (secondary N) is 4. The number of hydrogen-bond donors (Lipinski definition) is 4. The highest BCUT2D eigenvalue weighted by atomic mass is 16.5. The molecule has 3 aliphatic carbocycles. The molecule has 1 fully saturated rings. The molecule has 2 aromatic heterocycles. The molecule has 2 bridgehead atoms.